The molecular formula is C14H20ClNO3. The Labute approximate surface area is 119 Å². The van der Waals surface area contributed by atoms with Crippen LogP contribution in [-0.2, 0) is 9.53 Å². The maximum absolute atomic E-state index is 11.7. The average Bonchev–Trinajstić information content (AvgIpc) is 2.38. The van der Waals surface area contributed by atoms with E-state index in [0.717, 1.165) is 0 Å². The predicted octanol–water partition coefficient (Wildman–Crippen LogP) is 2.60. The smallest absolute Gasteiger partial charge is 0.248 e. The Balaban J connectivity index is 2.29. The summed E-state index contributed by atoms with van der Waals surface area (Å²) in [5.41, 5.74) is 0. The van der Waals surface area contributed by atoms with Gasteiger partial charge in [-0.25, -0.2) is 0 Å². The number of benzene rings is 1. The third-order valence-corrected chi connectivity index (χ3v) is 2.80. The quantitative estimate of drug-likeness (QED) is 0.773. The summed E-state index contributed by atoms with van der Waals surface area (Å²) in [6, 6.07) is 7.26. The van der Waals surface area contributed by atoms with Crippen LogP contribution >= 0.6 is 11.6 Å². The second-order valence-corrected chi connectivity index (χ2v) is 4.86. The van der Waals surface area contributed by atoms with Crippen LogP contribution in [0, 0.1) is 0 Å². The molecule has 0 N–H and O–H groups in total. The molecule has 0 bridgehead atoms. The Morgan fingerprint density at radius 2 is 2.05 bits per heavy atom. The third kappa shape index (κ3) is 5.94. The molecule has 0 saturated carbocycles. The molecule has 1 amide bonds. The van der Waals surface area contributed by atoms with E-state index >= 15 is 0 Å². The Morgan fingerprint density at radius 1 is 1.37 bits per heavy atom. The fourth-order valence-electron chi connectivity index (χ4n) is 1.33. The molecule has 4 nitrogen and oxygen atoms in total. The highest BCUT2D eigenvalue weighted by Gasteiger charge is 2.10. The third-order valence-electron chi connectivity index (χ3n) is 2.49. The van der Waals surface area contributed by atoms with Gasteiger partial charge in [0.2, 0.25) is 5.91 Å². The number of halogens is 1. The lowest BCUT2D eigenvalue weighted by Gasteiger charge is -2.18. The molecule has 1 rings (SSSR count). The van der Waals surface area contributed by atoms with Gasteiger partial charge in [-0.3, -0.25) is 4.79 Å². The second kappa shape index (κ2) is 8.02. The van der Waals surface area contributed by atoms with E-state index in [2.05, 4.69) is 0 Å². The maximum Gasteiger partial charge on any atom is 0.248 e. The molecule has 0 spiro atoms. The minimum absolute atomic E-state index is 0.0525. The highest BCUT2D eigenvalue weighted by molar-refractivity contribution is 6.32. The number of ether oxygens (including phenoxy) is 2. The van der Waals surface area contributed by atoms with Gasteiger partial charge < -0.3 is 14.4 Å². The van der Waals surface area contributed by atoms with Crippen molar-refractivity contribution in [2.24, 2.45) is 0 Å². The van der Waals surface area contributed by atoms with Crippen LogP contribution < -0.4 is 4.74 Å². The van der Waals surface area contributed by atoms with Gasteiger partial charge in [-0.15, -0.1) is 0 Å². The molecule has 0 aliphatic heterocycles. The van der Waals surface area contributed by atoms with Crippen LogP contribution in [0.4, 0.5) is 0 Å². The van der Waals surface area contributed by atoms with Crippen LogP contribution in [0.3, 0.4) is 0 Å². The fraction of sp³-hybridized carbons (Fsp3) is 0.500. The largest absolute Gasteiger partial charge is 0.490 e. The molecule has 0 aliphatic carbocycles. The standard InChI is InChI=1S/C14H20ClNO3/c1-11(2)19-10-14(17)16(3)8-9-18-13-7-5-4-6-12(13)15/h4-7,11H,8-10H2,1-3H3. The molecule has 0 aromatic heterocycles. The van der Waals surface area contributed by atoms with Gasteiger partial charge in [-0.1, -0.05) is 23.7 Å². The Kier molecular flexibility index (Phi) is 6.67. The predicted molar refractivity (Wildman–Crippen MR) is 75.7 cm³/mol. The number of rotatable bonds is 7. The van der Waals surface area contributed by atoms with Crippen molar-refractivity contribution in [1.29, 1.82) is 0 Å². The Bertz CT molecular complexity index is 409. The molecule has 0 radical (unpaired) electrons. The Morgan fingerprint density at radius 3 is 2.68 bits per heavy atom. The zero-order valence-electron chi connectivity index (χ0n) is 11.6. The number of carbonyl (C=O) groups is 1. The van der Waals surface area contributed by atoms with Crippen molar-refractivity contribution in [1.82, 2.24) is 4.90 Å². The first-order valence-electron chi connectivity index (χ1n) is 6.23. The lowest BCUT2D eigenvalue weighted by molar-refractivity contribution is -0.136. The minimum Gasteiger partial charge on any atom is -0.490 e. The van der Waals surface area contributed by atoms with E-state index in [-0.39, 0.29) is 18.6 Å². The molecule has 106 valence electrons. The highest BCUT2D eigenvalue weighted by atomic mass is 35.5. The zero-order chi connectivity index (χ0) is 14.3. The molecule has 0 atom stereocenters. The van der Waals surface area contributed by atoms with E-state index in [9.17, 15) is 4.79 Å². The monoisotopic (exact) mass is 285 g/mol. The molecule has 5 heteroatoms. The normalized spacial score (nSPS) is 10.6. The lowest BCUT2D eigenvalue weighted by Crippen LogP contribution is -2.34. The first kappa shape index (κ1) is 15.8. The summed E-state index contributed by atoms with van der Waals surface area (Å²) in [5.74, 6) is 0.569. The number of amides is 1. The first-order chi connectivity index (χ1) is 9.00. The molecule has 0 aliphatic rings. The molecule has 1 aromatic rings. The van der Waals surface area contributed by atoms with Crippen molar-refractivity contribution in [3.63, 3.8) is 0 Å². The first-order valence-corrected chi connectivity index (χ1v) is 6.61. The van der Waals surface area contributed by atoms with Crippen molar-refractivity contribution in [3.05, 3.63) is 29.3 Å². The van der Waals surface area contributed by atoms with Crippen LogP contribution in [0.15, 0.2) is 24.3 Å². The van der Waals surface area contributed by atoms with Crippen molar-refractivity contribution in [3.8, 4) is 5.75 Å². The van der Waals surface area contributed by atoms with Gasteiger partial charge in [0.15, 0.2) is 0 Å². The SMILES string of the molecule is CC(C)OCC(=O)N(C)CCOc1ccccc1Cl. The molecule has 0 fully saturated rings. The lowest BCUT2D eigenvalue weighted by atomic mass is 10.3. The van der Waals surface area contributed by atoms with Gasteiger partial charge in [0.25, 0.3) is 0 Å². The number of carbonyl (C=O) groups excluding carboxylic acids is 1. The molecular weight excluding hydrogens is 266 g/mol. The fourth-order valence-corrected chi connectivity index (χ4v) is 1.52. The summed E-state index contributed by atoms with van der Waals surface area (Å²) in [5, 5.41) is 0.569. The summed E-state index contributed by atoms with van der Waals surface area (Å²) >= 11 is 5.96. The summed E-state index contributed by atoms with van der Waals surface area (Å²) in [7, 11) is 1.72. The van der Waals surface area contributed by atoms with Gasteiger partial charge in [-0.05, 0) is 26.0 Å². The minimum atomic E-state index is -0.0588. The van der Waals surface area contributed by atoms with Crippen LogP contribution in [0.1, 0.15) is 13.8 Å². The van der Waals surface area contributed by atoms with Gasteiger partial charge in [0, 0.05) is 7.05 Å². The Hall–Kier alpha value is -1.26. The van der Waals surface area contributed by atoms with Crippen LogP contribution in [0.25, 0.3) is 0 Å². The summed E-state index contributed by atoms with van der Waals surface area (Å²) in [6.45, 7) is 4.78. The van der Waals surface area contributed by atoms with E-state index in [1.807, 2.05) is 26.0 Å². The van der Waals surface area contributed by atoms with Crippen molar-refractivity contribution in [2.75, 3.05) is 26.8 Å². The molecule has 19 heavy (non-hydrogen) atoms. The summed E-state index contributed by atoms with van der Waals surface area (Å²) in [6.07, 6.45) is 0.0525. The topological polar surface area (TPSA) is 38.8 Å². The van der Waals surface area contributed by atoms with Crippen LogP contribution in [-0.4, -0.2) is 43.7 Å². The zero-order valence-corrected chi connectivity index (χ0v) is 12.3. The van der Waals surface area contributed by atoms with Crippen LogP contribution in [0.5, 0.6) is 5.75 Å². The molecule has 1 aromatic carbocycles. The average molecular weight is 286 g/mol. The van der Waals surface area contributed by atoms with E-state index in [1.54, 1.807) is 24.1 Å². The molecule has 0 saturated heterocycles. The number of hydrogen-bond donors (Lipinski definition) is 0. The van der Waals surface area contributed by atoms with E-state index in [0.29, 0.717) is 23.9 Å². The summed E-state index contributed by atoms with van der Waals surface area (Å²) < 4.78 is 10.8. The van der Waals surface area contributed by atoms with Crippen LogP contribution in [0.2, 0.25) is 5.02 Å². The van der Waals surface area contributed by atoms with Gasteiger partial charge in [0.1, 0.15) is 19.0 Å². The molecule has 0 unspecified atom stereocenters. The number of nitrogens with zero attached hydrogens (tertiary/aromatic N) is 1. The highest BCUT2D eigenvalue weighted by Crippen LogP contribution is 2.22. The van der Waals surface area contributed by atoms with Crippen molar-refractivity contribution < 1.29 is 14.3 Å². The van der Waals surface area contributed by atoms with E-state index in [4.69, 9.17) is 21.1 Å². The molecule has 0 heterocycles. The number of likely N-dealkylation sites (N-methyl/N-ethyl adjacent to an activating group) is 1. The maximum atomic E-state index is 11.7. The van der Waals surface area contributed by atoms with Crippen molar-refractivity contribution in [2.45, 2.75) is 20.0 Å². The van der Waals surface area contributed by atoms with E-state index in [1.165, 1.54) is 0 Å². The van der Waals surface area contributed by atoms with E-state index < -0.39 is 0 Å². The summed E-state index contributed by atoms with van der Waals surface area (Å²) in [4.78, 5) is 13.3. The van der Waals surface area contributed by atoms with Gasteiger partial charge in [-0.2, -0.15) is 0 Å². The number of para-hydroxylation sites is 1. The van der Waals surface area contributed by atoms with Crippen molar-refractivity contribution >= 4 is 17.5 Å². The second-order valence-electron chi connectivity index (χ2n) is 4.45. The van der Waals surface area contributed by atoms with Gasteiger partial charge >= 0.3 is 0 Å². The number of hydrogen-bond acceptors (Lipinski definition) is 3. The van der Waals surface area contributed by atoms with Gasteiger partial charge in [0.05, 0.1) is 17.7 Å².